The monoisotopic (exact) mass is 462 g/mol. The average molecular weight is 463 g/mol. The van der Waals surface area contributed by atoms with Gasteiger partial charge in [-0.25, -0.2) is 0 Å². The Morgan fingerprint density at radius 2 is 1.15 bits per heavy atom. The van der Waals surface area contributed by atoms with E-state index < -0.39 is 19.0 Å². The molecule has 0 saturated carbocycles. The zero-order valence-electron chi connectivity index (χ0n) is 20.4. The predicted octanol–water partition coefficient (Wildman–Crippen LogP) is 6.57. The van der Waals surface area contributed by atoms with Crippen molar-refractivity contribution in [3.8, 4) is 0 Å². The van der Waals surface area contributed by atoms with Crippen molar-refractivity contribution in [2.75, 3.05) is 0 Å². The third-order valence-corrected chi connectivity index (χ3v) is 8.20. The highest BCUT2D eigenvalue weighted by Crippen LogP contribution is 2.51. The van der Waals surface area contributed by atoms with Crippen LogP contribution in [0.1, 0.15) is 61.0 Å². The maximum atomic E-state index is 14.4. The summed E-state index contributed by atoms with van der Waals surface area (Å²) in [6.45, 7) is 12.9. The van der Waals surface area contributed by atoms with Crippen LogP contribution in [-0.4, -0.2) is 17.4 Å². The van der Waals surface area contributed by atoms with E-state index in [-0.39, 0.29) is 11.1 Å². The highest BCUT2D eigenvalue weighted by atomic mass is 31.2. The summed E-state index contributed by atoms with van der Waals surface area (Å²) in [7, 11) is -4.08. The summed E-state index contributed by atoms with van der Waals surface area (Å²) in [5.41, 5.74) is 5.57. The van der Waals surface area contributed by atoms with E-state index in [1.807, 2.05) is 65.8 Å². The SMILES string of the molecule is Cc1cc(C)c(C(=O)C(C)OP(=O)(C(=O)c2c(C)cc(C)cc2C)c2ccccc2)c(C)c1. The van der Waals surface area contributed by atoms with Crippen LogP contribution in [-0.2, 0) is 9.09 Å². The summed E-state index contributed by atoms with van der Waals surface area (Å²) < 4.78 is 20.3. The van der Waals surface area contributed by atoms with E-state index in [1.165, 1.54) is 0 Å². The van der Waals surface area contributed by atoms with Crippen molar-refractivity contribution in [2.45, 2.75) is 54.6 Å². The van der Waals surface area contributed by atoms with Crippen molar-refractivity contribution in [1.29, 1.82) is 0 Å². The molecule has 0 N–H and O–H groups in total. The molecule has 3 aromatic rings. The summed E-state index contributed by atoms with van der Waals surface area (Å²) in [5, 5.41) is 0.284. The van der Waals surface area contributed by atoms with Crippen LogP contribution in [0, 0.1) is 41.5 Å². The lowest BCUT2D eigenvalue weighted by Crippen LogP contribution is -2.27. The number of benzene rings is 3. The second-order valence-electron chi connectivity index (χ2n) is 8.85. The minimum atomic E-state index is -4.08. The van der Waals surface area contributed by atoms with Crippen molar-refractivity contribution in [1.82, 2.24) is 0 Å². The van der Waals surface area contributed by atoms with Gasteiger partial charge in [0.25, 0.3) is 5.52 Å². The van der Waals surface area contributed by atoms with E-state index in [9.17, 15) is 14.2 Å². The number of rotatable bonds is 7. The van der Waals surface area contributed by atoms with Gasteiger partial charge >= 0.3 is 7.37 Å². The van der Waals surface area contributed by atoms with Crippen molar-refractivity contribution in [3.63, 3.8) is 0 Å². The van der Waals surface area contributed by atoms with E-state index in [4.69, 9.17) is 4.52 Å². The Balaban J connectivity index is 2.09. The molecule has 2 unspecified atom stereocenters. The van der Waals surface area contributed by atoms with Crippen molar-refractivity contribution in [3.05, 3.63) is 99.1 Å². The minimum absolute atomic E-state index is 0.284. The molecule has 0 bridgehead atoms. The first kappa shape index (κ1) is 24.8. The Labute approximate surface area is 196 Å². The van der Waals surface area contributed by atoms with Gasteiger partial charge in [0.05, 0.1) is 0 Å². The molecule has 3 rings (SSSR count). The number of ketones is 1. The van der Waals surface area contributed by atoms with Crippen LogP contribution in [0.3, 0.4) is 0 Å². The van der Waals surface area contributed by atoms with Crippen LogP contribution in [0.25, 0.3) is 0 Å². The first-order chi connectivity index (χ1) is 15.5. The first-order valence-corrected chi connectivity index (χ1v) is 12.7. The topological polar surface area (TPSA) is 60.4 Å². The fourth-order valence-electron chi connectivity index (χ4n) is 4.56. The maximum absolute atomic E-state index is 14.4. The van der Waals surface area contributed by atoms with Gasteiger partial charge in [0, 0.05) is 16.4 Å². The summed E-state index contributed by atoms with van der Waals surface area (Å²) in [5.74, 6) is -0.286. The van der Waals surface area contributed by atoms with Crippen LogP contribution in [0.5, 0.6) is 0 Å². The van der Waals surface area contributed by atoms with E-state index in [0.29, 0.717) is 11.1 Å². The highest BCUT2D eigenvalue weighted by Gasteiger charge is 2.40. The van der Waals surface area contributed by atoms with Gasteiger partial charge in [-0.3, -0.25) is 14.2 Å². The second kappa shape index (κ2) is 9.59. The molecule has 0 heterocycles. The van der Waals surface area contributed by atoms with Crippen LogP contribution in [0.4, 0.5) is 0 Å². The second-order valence-corrected chi connectivity index (χ2v) is 11.1. The average Bonchev–Trinajstić information content (AvgIpc) is 2.72. The van der Waals surface area contributed by atoms with E-state index in [1.54, 1.807) is 37.3 Å². The predicted molar refractivity (Wildman–Crippen MR) is 134 cm³/mol. The Kier molecular flexibility index (Phi) is 7.21. The standard InChI is InChI=1S/C28H31O4P/c1-17-13-19(3)25(20(4)14-17)27(29)23(7)32-33(31,24-11-9-8-10-12-24)28(30)26-21(5)15-18(2)16-22(26)6/h8-16,23H,1-7H3. The number of hydrogen-bond acceptors (Lipinski definition) is 4. The Morgan fingerprint density at radius 1 is 0.727 bits per heavy atom. The molecule has 172 valence electrons. The first-order valence-electron chi connectivity index (χ1n) is 11.0. The van der Waals surface area contributed by atoms with Crippen LogP contribution >= 0.6 is 7.37 Å². The number of Topliss-reactive ketones (excluding diaryl/α,β-unsaturated/α-hetero) is 1. The van der Waals surface area contributed by atoms with Crippen LogP contribution in [0.15, 0.2) is 54.6 Å². The molecular weight excluding hydrogens is 431 g/mol. The molecule has 0 aliphatic carbocycles. The molecule has 4 nitrogen and oxygen atoms in total. The third-order valence-electron chi connectivity index (χ3n) is 5.85. The molecule has 0 fully saturated rings. The van der Waals surface area contributed by atoms with Gasteiger partial charge in [0.2, 0.25) is 0 Å². The van der Waals surface area contributed by atoms with Crippen molar-refractivity contribution < 1.29 is 18.7 Å². The molecular formula is C28H31O4P. The summed E-state index contributed by atoms with van der Waals surface area (Å²) in [4.78, 5) is 27.2. The van der Waals surface area contributed by atoms with Gasteiger partial charge < -0.3 is 4.52 Å². The van der Waals surface area contributed by atoms with Crippen molar-refractivity contribution >= 4 is 24.0 Å². The zero-order valence-corrected chi connectivity index (χ0v) is 21.2. The van der Waals surface area contributed by atoms with Crippen LogP contribution < -0.4 is 5.30 Å². The van der Waals surface area contributed by atoms with Gasteiger partial charge in [-0.2, -0.15) is 0 Å². The van der Waals surface area contributed by atoms with Gasteiger partial charge in [-0.1, -0.05) is 53.6 Å². The number of carbonyl (C=O) groups is 2. The molecule has 2 atom stereocenters. The van der Waals surface area contributed by atoms with Gasteiger partial charge in [-0.15, -0.1) is 0 Å². The Morgan fingerprint density at radius 3 is 1.61 bits per heavy atom. The van der Waals surface area contributed by atoms with E-state index in [2.05, 4.69) is 0 Å². The molecule has 0 aliphatic rings. The lowest BCUT2D eigenvalue weighted by molar-refractivity contribution is 0.0814. The largest absolute Gasteiger partial charge is 0.308 e. The number of carbonyl (C=O) groups excluding carboxylic acids is 2. The van der Waals surface area contributed by atoms with Gasteiger partial charge in [0.1, 0.15) is 6.10 Å². The molecule has 5 heteroatoms. The molecule has 3 aromatic carbocycles. The molecule has 0 amide bonds. The zero-order chi connectivity index (χ0) is 24.5. The lowest BCUT2D eigenvalue weighted by atomic mass is 9.95. The summed E-state index contributed by atoms with van der Waals surface area (Å²) in [6.07, 6.45) is -1.06. The highest BCUT2D eigenvalue weighted by molar-refractivity contribution is 7.83. The number of hydrogen-bond donors (Lipinski definition) is 0. The van der Waals surface area contributed by atoms with Gasteiger partial charge in [0.15, 0.2) is 5.78 Å². The normalized spacial score (nSPS) is 13.9. The maximum Gasteiger partial charge on any atom is 0.301 e. The van der Waals surface area contributed by atoms with Gasteiger partial charge in [-0.05, 0) is 82.9 Å². The summed E-state index contributed by atoms with van der Waals surface area (Å²) >= 11 is 0. The molecule has 0 saturated heterocycles. The Bertz CT molecular complexity index is 1230. The summed E-state index contributed by atoms with van der Waals surface area (Å²) in [6, 6.07) is 16.1. The fourth-order valence-corrected chi connectivity index (χ4v) is 6.76. The molecule has 0 radical (unpaired) electrons. The fraction of sp³-hybridized carbons (Fsp3) is 0.286. The quantitative estimate of drug-likeness (QED) is 0.294. The third kappa shape index (κ3) is 4.93. The number of aryl methyl sites for hydroxylation is 6. The van der Waals surface area contributed by atoms with Crippen LogP contribution in [0.2, 0.25) is 0 Å². The molecule has 0 aromatic heterocycles. The molecule has 0 spiro atoms. The minimum Gasteiger partial charge on any atom is -0.308 e. The molecule has 0 aliphatic heterocycles. The molecule has 33 heavy (non-hydrogen) atoms. The van der Waals surface area contributed by atoms with E-state index in [0.717, 1.165) is 33.4 Å². The Hall–Kier alpha value is -2.81. The lowest BCUT2D eigenvalue weighted by Gasteiger charge is -2.24. The van der Waals surface area contributed by atoms with E-state index >= 15 is 0 Å². The van der Waals surface area contributed by atoms with Crippen molar-refractivity contribution in [2.24, 2.45) is 0 Å². The smallest absolute Gasteiger partial charge is 0.301 e.